The molecule has 1 aliphatic heterocycles. The fourth-order valence-corrected chi connectivity index (χ4v) is 0.739. The zero-order valence-corrected chi connectivity index (χ0v) is 6.73. The van der Waals surface area contributed by atoms with Crippen LogP contribution in [-0.4, -0.2) is 5.91 Å². The van der Waals surface area contributed by atoms with Crippen molar-refractivity contribution in [2.75, 3.05) is 0 Å². The normalized spacial score (nSPS) is 18.1. The van der Waals surface area contributed by atoms with E-state index in [1.54, 1.807) is 6.20 Å². The molecule has 0 aliphatic carbocycles. The average molecular weight is 236 g/mol. The van der Waals surface area contributed by atoms with Gasteiger partial charge < -0.3 is 10.6 Å². The summed E-state index contributed by atoms with van der Waals surface area (Å²) >= 11 is 1.94. The monoisotopic (exact) mass is 236 g/mol. The van der Waals surface area contributed by atoms with E-state index >= 15 is 0 Å². The summed E-state index contributed by atoms with van der Waals surface area (Å²) in [6.45, 7) is 3.51. The van der Waals surface area contributed by atoms with E-state index in [-0.39, 0.29) is 5.91 Å². The van der Waals surface area contributed by atoms with Crippen molar-refractivity contribution < 1.29 is 4.79 Å². The second-order valence-electron chi connectivity index (χ2n) is 1.57. The van der Waals surface area contributed by atoms with Gasteiger partial charge in [0, 0.05) is 6.20 Å². The Morgan fingerprint density at radius 1 is 1.67 bits per heavy atom. The molecule has 0 aromatic carbocycles. The fraction of sp³-hybridized carbons (Fsp3) is 0. The summed E-state index contributed by atoms with van der Waals surface area (Å²) in [7, 11) is 0. The summed E-state index contributed by atoms with van der Waals surface area (Å²) in [6, 6.07) is 0. The first kappa shape index (κ1) is 6.60. The minimum Gasteiger partial charge on any atom is -0.347 e. The van der Waals surface area contributed by atoms with Crippen molar-refractivity contribution in [3.05, 3.63) is 22.2 Å². The molecule has 1 heterocycles. The molecule has 0 unspecified atom stereocenters. The van der Waals surface area contributed by atoms with E-state index in [2.05, 4.69) is 17.2 Å². The highest BCUT2D eigenvalue weighted by Gasteiger charge is 2.10. The number of nitrogens with one attached hydrogen (secondary N) is 2. The molecule has 0 spiro atoms. The number of hydrogen-bond donors (Lipinski definition) is 2. The van der Waals surface area contributed by atoms with Gasteiger partial charge in [-0.1, -0.05) is 6.58 Å². The van der Waals surface area contributed by atoms with Crippen molar-refractivity contribution in [2.24, 2.45) is 0 Å². The zero-order valence-electron chi connectivity index (χ0n) is 4.57. The molecule has 48 valence electrons. The smallest absolute Gasteiger partial charge is 0.264 e. The van der Waals surface area contributed by atoms with Crippen LogP contribution < -0.4 is 10.6 Å². The fourth-order valence-electron chi connectivity index (χ4n) is 0.449. The lowest BCUT2D eigenvalue weighted by molar-refractivity contribution is -0.116. The first-order chi connectivity index (χ1) is 4.20. The number of carbonyl (C=O) groups excluding carboxylic acids is 1. The van der Waals surface area contributed by atoms with Gasteiger partial charge in [0.15, 0.2) is 0 Å². The predicted molar refractivity (Wildman–Crippen MR) is 42.5 cm³/mol. The van der Waals surface area contributed by atoms with Crippen LogP contribution in [0.3, 0.4) is 0 Å². The first-order valence-electron chi connectivity index (χ1n) is 2.32. The van der Waals surface area contributed by atoms with Gasteiger partial charge in [-0.15, -0.1) is 0 Å². The quantitative estimate of drug-likeness (QED) is 0.599. The van der Waals surface area contributed by atoms with Crippen LogP contribution >= 0.6 is 22.6 Å². The van der Waals surface area contributed by atoms with Crippen molar-refractivity contribution in [3.63, 3.8) is 0 Å². The van der Waals surface area contributed by atoms with Gasteiger partial charge in [0.25, 0.3) is 5.91 Å². The van der Waals surface area contributed by atoms with Crippen molar-refractivity contribution in [1.82, 2.24) is 10.6 Å². The van der Waals surface area contributed by atoms with E-state index in [1.165, 1.54) is 0 Å². The summed E-state index contributed by atoms with van der Waals surface area (Å²) in [4.78, 5) is 10.7. The van der Waals surface area contributed by atoms with E-state index in [1.807, 2.05) is 22.6 Å². The molecular weight excluding hydrogens is 231 g/mol. The lowest BCUT2D eigenvalue weighted by Gasteiger charge is -2.12. The van der Waals surface area contributed by atoms with Crippen LogP contribution in [0.2, 0.25) is 0 Å². The maximum absolute atomic E-state index is 10.7. The molecule has 4 heteroatoms. The number of hydrogen-bond acceptors (Lipinski definition) is 2. The zero-order chi connectivity index (χ0) is 6.85. The van der Waals surface area contributed by atoms with Crippen LogP contribution in [0, 0.1) is 0 Å². The molecule has 2 N–H and O–H groups in total. The molecular formula is C5H5IN2O. The maximum Gasteiger partial charge on any atom is 0.264 e. The summed E-state index contributed by atoms with van der Waals surface area (Å²) in [6.07, 6.45) is 1.61. The van der Waals surface area contributed by atoms with Crippen molar-refractivity contribution in [2.45, 2.75) is 0 Å². The molecule has 1 aliphatic rings. The second kappa shape index (κ2) is 2.38. The molecule has 9 heavy (non-hydrogen) atoms. The minimum absolute atomic E-state index is 0.0978. The average Bonchev–Trinajstić information content (AvgIpc) is 1.80. The molecule has 0 aromatic heterocycles. The van der Waals surface area contributed by atoms with Gasteiger partial charge in [0.1, 0.15) is 5.82 Å². The summed E-state index contributed by atoms with van der Waals surface area (Å²) < 4.78 is 0.639. The van der Waals surface area contributed by atoms with E-state index in [0.717, 1.165) is 0 Å². The van der Waals surface area contributed by atoms with Crippen LogP contribution in [0.4, 0.5) is 0 Å². The highest BCUT2D eigenvalue weighted by molar-refractivity contribution is 14.1. The summed E-state index contributed by atoms with van der Waals surface area (Å²) in [5, 5.41) is 5.27. The van der Waals surface area contributed by atoms with Crippen molar-refractivity contribution >= 4 is 28.5 Å². The molecule has 0 atom stereocenters. The predicted octanol–water partition coefficient (Wildman–Crippen LogP) is 0.453. The van der Waals surface area contributed by atoms with Gasteiger partial charge in [-0.3, -0.25) is 4.79 Å². The third-order valence-electron chi connectivity index (χ3n) is 0.854. The Balaban J connectivity index is 2.79. The number of carbonyl (C=O) groups is 1. The van der Waals surface area contributed by atoms with Crippen molar-refractivity contribution in [1.29, 1.82) is 0 Å². The Hall–Kier alpha value is -0.520. The Labute approximate surface area is 66.3 Å². The van der Waals surface area contributed by atoms with Gasteiger partial charge in [0.2, 0.25) is 0 Å². The van der Waals surface area contributed by atoms with Crippen LogP contribution in [-0.2, 0) is 4.79 Å². The lowest BCUT2D eigenvalue weighted by atomic mass is 10.5. The van der Waals surface area contributed by atoms with E-state index in [9.17, 15) is 4.79 Å². The SMILES string of the molecule is C=C1NC=C(I)C(=O)N1. The van der Waals surface area contributed by atoms with Gasteiger partial charge in [0.05, 0.1) is 3.58 Å². The molecule has 1 rings (SSSR count). The van der Waals surface area contributed by atoms with Gasteiger partial charge in [-0.25, -0.2) is 0 Å². The second-order valence-corrected chi connectivity index (χ2v) is 2.73. The van der Waals surface area contributed by atoms with Gasteiger partial charge in [-0.05, 0) is 22.6 Å². The van der Waals surface area contributed by atoms with Crippen LogP contribution in [0.5, 0.6) is 0 Å². The Kier molecular flexibility index (Phi) is 1.75. The Morgan fingerprint density at radius 2 is 2.33 bits per heavy atom. The highest BCUT2D eigenvalue weighted by atomic mass is 127. The third-order valence-corrected chi connectivity index (χ3v) is 1.66. The topological polar surface area (TPSA) is 41.1 Å². The van der Waals surface area contributed by atoms with Gasteiger partial charge in [-0.2, -0.15) is 0 Å². The van der Waals surface area contributed by atoms with Crippen LogP contribution in [0.25, 0.3) is 0 Å². The van der Waals surface area contributed by atoms with Gasteiger partial charge >= 0.3 is 0 Å². The van der Waals surface area contributed by atoms with E-state index < -0.39 is 0 Å². The summed E-state index contributed by atoms with van der Waals surface area (Å²) in [5.74, 6) is 0.430. The molecule has 0 saturated heterocycles. The van der Waals surface area contributed by atoms with Crippen LogP contribution in [0.15, 0.2) is 22.2 Å². The largest absolute Gasteiger partial charge is 0.347 e. The molecule has 0 bridgehead atoms. The lowest BCUT2D eigenvalue weighted by Crippen LogP contribution is -2.33. The maximum atomic E-state index is 10.7. The Morgan fingerprint density at radius 3 is 2.78 bits per heavy atom. The number of amides is 1. The summed E-state index contributed by atoms with van der Waals surface area (Å²) in [5.41, 5.74) is 0. The molecule has 3 nitrogen and oxygen atoms in total. The Bertz CT molecular complexity index is 197. The van der Waals surface area contributed by atoms with Crippen molar-refractivity contribution in [3.8, 4) is 0 Å². The highest BCUT2D eigenvalue weighted by Crippen LogP contribution is 2.07. The molecule has 0 fully saturated rings. The van der Waals surface area contributed by atoms with Crippen LogP contribution in [0.1, 0.15) is 0 Å². The standard InChI is InChI=1S/C5H5IN2O/c1-3-7-2-4(6)5(9)8-3/h2,7H,1H2,(H,8,9). The molecule has 0 saturated carbocycles. The van der Waals surface area contributed by atoms with E-state index in [4.69, 9.17) is 0 Å². The minimum atomic E-state index is -0.0978. The van der Waals surface area contributed by atoms with E-state index in [0.29, 0.717) is 9.40 Å². The number of halogens is 1. The third kappa shape index (κ3) is 1.44. The molecule has 0 radical (unpaired) electrons. The number of rotatable bonds is 0. The molecule has 0 aromatic rings. The molecule has 1 amide bonds. The first-order valence-corrected chi connectivity index (χ1v) is 3.40.